The molecule has 1 N–H and O–H groups in total. The van der Waals surface area contributed by atoms with E-state index >= 15 is 0 Å². The number of Topliss-reactive ketones (excluding diaryl/α,β-unsaturated/α-hetero) is 1. The van der Waals surface area contributed by atoms with Crippen molar-refractivity contribution in [3.8, 4) is 5.75 Å². The molecule has 1 atom stereocenters. The molecule has 0 aliphatic carbocycles. The third-order valence-electron chi connectivity index (χ3n) is 5.38. The molecule has 162 valence electrons. The summed E-state index contributed by atoms with van der Waals surface area (Å²) in [5.41, 5.74) is 1.39. The van der Waals surface area contributed by atoms with Crippen molar-refractivity contribution in [1.29, 1.82) is 0 Å². The lowest BCUT2D eigenvalue weighted by Gasteiger charge is -2.25. The number of carbonyl (C=O) groups excluding carboxylic acids is 2. The summed E-state index contributed by atoms with van der Waals surface area (Å²) in [6, 6.07) is 14.2. The van der Waals surface area contributed by atoms with Gasteiger partial charge in [0.15, 0.2) is 0 Å². The van der Waals surface area contributed by atoms with Gasteiger partial charge in [-0.1, -0.05) is 18.2 Å². The highest BCUT2D eigenvalue weighted by molar-refractivity contribution is 6.51. The molecule has 0 bridgehead atoms. The lowest BCUT2D eigenvalue weighted by atomic mass is 9.94. The summed E-state index contributed by atoms with van der Waals surface area (Å²) in [7, 11) is 1.51. The number of aliphatic hydroxyl groups excluding tert-OH is 1. The lowest BCUT2D eigenvalue weighted by Crippen LogP contribution is -2.29. The Morgan fingerprint density at radius 1 is 0.969 bits per heavy atom. The van der Waals surface area contributed by atoms with Crippen LogP contribution in [0.4, 0.5) is 14.5 Å². The number of ketones is 1. The molecule has 7 heteroatoms. The topological polar surface area (TPSA) is 66.8 Å². The lowest BCUT2D eigenvalue weighted by molar-refractivity contribution is -0.132. The van der Waals surface area contributed by atoms with Crippen LogP contribution in [0.15, 0.2) is 72.3 Å². The quantitative estimate of drug-likeness (QED) is 0.359. The number of benzene rings is 3. The molecule has 1 aliphatic rings. The van der Waals surface area contributed by atoms with E-state index in [2.05, 4.69) is 0 Å². The summed E-state index contributed by atoms with van der Waals surface area (Å²) >= 11 is 0. The number of carbonyl (C=O) groups is 2. The largest absolute Gasteiger partial charge is 0.507 e. The van der Waals surface area contributed by atoms with E-state index in [4.69, 9.17) is 4.74 Å². The standard InChI is InChI=1S/C25H19F2NO4/c1-14-12-16(8-11-20(14)32-2)23(29)21-22(15-6-9-17(26)10-7-15)28(25(31)24(21)30)19-5-3-4-18(27)13-19/h3-13,22,29H,1-2H3/b23-21+. The van der Waals surface area contributed by atoms with Crippen molar-refractivity contribution < 1.29 is 28.2 Å². The van der Waals surface area contributed by atoms with Gasteiger partial charge < -0.3 is 9.84 Å². The zero-order valence-electron chi connectivity index (χ0n) is 17.3. The minimum Gasteiger partial charge on any atom is -0.507 e. The van der Waals surface area contributed by atoms with Gasteiger partial charge in [-0.15, -0.1) is 0 Å². The van der Waals surface area contributed by atoms with Gasteiger partial charge in [-0.25, -0.2) is 8.78 Å². The van der Waals surface area contributed by atoms with Crippen molar-refractivity contribution in [2.24, 2.45) is 0 Å². The predicted molar refractivity (Wildman–Crippen MR) is 115 cm³/mol. The molecule has 1 saturated heterocycles. The van der Waals surface area contributed by atoms with E-state index in [0.29, 0.717) is 22.4 Å². The number of hydrogen-bond donors (Lipinski definition) is 1. The number of aryl methyl sites for hydroxylation is 1. The highest BCUT2D eigenvalue weighted by Gasteiger charge is 2.47. The average molecular weight is 435 g/mol. The number of rotatable bonds is 4. The van der Waals surface area contributed by atoms with Gasteiger partial charge in [-0.3, -0.25) is 14.5 Å². The molecule has 0 spiro atoms. The van der Waals surface area contributed by atoms with Crippen molar-refractivity contribution >= 4 is 23.1 Å². The number of anilines is 1. The maximum absolute atomic E-state index is 13.9. The Labute approximate surface area is 183 Å². The normalized spacial score (nSPS) is 17.6. The zero-order chi connectivity index (χ0) is 23.0. The third kappa shape index (κ3) is 3.62. The van der Waals surface area contributed by atoms with Crippen molar-refractivity contribution in [1.82, 2.24) is 0 Å². The Morgan fingerprint density at radius 2 is 1.69 bits per heavy atom. The smallest absolute Gasteiger partial charge is 0.300 e. The predicted octanol–water partition coefficient (Wildman–Crippen LogP) is 4.91. The van der Waals surface area contributed by atoms with Gasteiger partial charge >= 0.3 is 0 Å². The first-order valence-corrected chi connectivity index (χ1v) is 9.79. The SMILES string of the molecule is COc1ccc(/C(O)=C2\C(=O)C(=O)N(c3cccc(F)c3)C2c2ccc(F)cc2)cc1C. The summed E-state index contributed by atoms with van der Waals surface area (Å²) < 4.78 is 32.7. The fraction of sp³-hybridized carbons (Fsp3) is 0.120. The first kappa shape index (κ1) is 21.2. The van der Waals surface area contributed by atoms with Gasteiger partial charge in [0.2, 0.25) is 0 Å². The Hall–Kier alpha value is -4.00. The summed E-state index contributed by atoms with van der Waals surface area (Å²) in [4.78, 5) is 27.2. The summed E-state index contributed by atoms with van der Waals surface area (Å²) in [5, 5.41) is 11.1. The fourth-order valence-corrected chi connectivity index (χ4v) is 3.87. The average Bonchev–Trinajstić information content (AvgIpc) is 3.04. The van der Waals surface area contributed by atoms with Crippen LogP contribution in [0, 0.1) is 18.6 Å². The zero-order valence-corrected chi connectivity index (χ0v) is 17.3. The Morgan fingerprint density at radius 3 is 2.31 bits per heavy atom. The van der Waals surface area contributed by atoms with Gasteiger partial charge in [0.05, 0.1) is 18.7 Å². The van der Waals surface area contributed by atoms with Crippen LogP contribution in [-0.2, 0) is 9.59 Å². The molecule has 0 aromatic heterocycles. The van der Waals surface area contributed by atoms with Gasteiger partial charge in [0, 0.05) is 11.3 Å². The number of nitrogens with zero attached hydrogens (tertiary/aromatic N) is 1. The molecule has 4 rings (SSSR count). The summed E-state index contributed by atoms with van der Waals surface area (Å²) in [6.07, 6.45) is 0. The van der Waals surface area contributed by atoms with E-state index < -0.39 is 29.4 Å². The van der Waals surface area contributed by atoms with E-state index in [1.54, 1.807) is 25.1 Å². The highest BCUT2D eigenvalue weighted by atomic mass is 19.1. The maximum Gasteiger partial charge on any atom is 0.300 e. The van der Waals surface area contributed by atoms with Crippen LogP contribution >= 0.6 is 0 Å². The molecule has 1 aliphatic heterocycles. The maximum atomic E-state index is 13.9. The summed E-state index contributed by atoms with van der Waals surface area (Å²) in [5.74, 6) is -2.72. The first-order valence-electron chi connectivity index (χ1n) is 9.79. The number of amides is 1. The molecule has 0 radical (unpaired) electrons. The van der Waals surface area contributed by atoms with Gasteiger partial charge in [-0.05, 0) is 66.6 Å². The first-order chi connectivity index (χ1) is 15.3. The second kappa shape index (κ2) is 8.26. The molecule has 3 aromatic rings. The molecule has 1 unspecified atom stereocenters. The molecule has 32 heavy (non-hydrogen) atoms. The molecular formula is C25H19F2NO4. The molecular weight excluding hydrogens is 416 g/mol. The van der Waals surface area contributed by atoms with Crippen LogP contribution in [0.25, 0.3) is 5.76 Å². The molecule has 5 nitrogen and oxygen atoms in total. The Kier molecular flexibility index (Phi) is 5.48. The van der Waals surface area contributed by atoms with Crippen LogP contribution in [-0.4, -0.2) is 23.9 Å². The number of aliphatic hydroxyl groups is 1. The molecule has 0 saturated carbocycles. The van der Waals surface area contributed by atoms with Crippen LogP contribution in [0.1, 0.15) is 22.7 Å². The highest BCUT2D eigenvalue weighted by Crippen LogP contribution is 2.42. The van der Waals surface area contributed by atoms with Gasteiger partial charge in [0.1, 0.15) is 23.1 Å². The van der Waals surface area contributed by atoms with Crippen molar-refractivity contribution in [3.05, 3.63) is 101 Å². The minimum absolute atomic E-state index is 0.145. The van der Waals surface area contributed by atoms with Crippen LogP contribution in [0.3, 0.4) is 0 Å². The van der Waals surface area contributed by atoms with Gasteiger partial charge in [0.25, 0.3) is 11.7 Å². The monoisotopic (exact) mass is 435 g/mol. The van der Waals surface area contributed by atoms with Crippen LogP contribution in [0.5, 0.6) is 5.75 Å². The number of methoxy groups -OCH3 is 1. The van der Waals surface area contributed by atoms with Crippen molar-refractivity contribution in [2.45, 2.75) is 13.0 Å². The number of halogens is 2. The molecule has 1 heterocycles. The second-order valence-corrected chi connectivity index (χ2v) is 7.38. The van der Waals surface area contributed by atoms with Crippen LogP contribution in [0.2, 0.25) is 0 Å². The second-order valence-electron chi connectivity index (χ2n) is 7.38. The Bertz CT molecular complexity index is 1250. The Balaban J connectivity index is 1.94. The van der Waals surface area contributed by atoms with Crippen molar-refractivity contribution in [3.63, 3.8) is 0 Å². The molecule has 1 amide bonds. The fourth-order valence-electron chi connectivity index (χ4n) is 3.87. The van der Waals surface area contributed by atoms with E-state index in [9.17, 15) is 23.5 Å². The number of ether oxygens (including phenoxy) is 1. The minimum atomic E-state index is -1.07. The van der Waals surface area contributed by atoms with E-state index in [1.807, 2.05) is 0 Å². The van der Waals surface area contributed by atoms with Gasteiger partial charge in [-0.2, -0.15) is 0 Å². The van der Waals surface area contributed by atoms with E-state index in [1.165, 1.54) is 49.6 Å². The third-order valence-corrected chi connectivity index (χ3v) is 5.38. The van der Waals surface area contributed by atoms with E-state index in [-0.39, 0.29) is 17.0 Å². The summed E-state index contributed by atoms with van der Waals surface area (Å²) in [6.45, 7) is 1.78. The molecule has 3 aromatic carbocycles. The number of hydrogen-bond acceptors (Lipinski definition) is 4. The van der Waals surface area contributed by atoms with Crippen molar-refractivity contribution in [2.75, 3.05) is 12.0 Å². The molecule has 1 fully saturated rings. The van der Waals surface area contributed by atoms with E-state index in [0.717, 1.165) is 11.0 Å². The van der Waals surface area contributed by atoms with Crippen LogP contribution < -0.4 is 9.64 Å².